The van der Waals surface area contributed by atoms with E-state index in [1.807, 2.05) is 0 Å². The van der Waals surface area contributed by atoms with Crippen molar-refractivity contribution in [2.75, 3.05) is 7.11 Å². The molecule has 6 nitrogen and oxygen atoms in total. The van der Waals surface area contributed by atoms with Crippen LogP contribution in [0.3, 0.4) is 0 Å². The summed E-state index contributed by atoms with van der Waals surface area (Å²) in [4.78, 5) is 14.1. The standard InChI is InChI=1S/C14H17N3O3/c1-14(2,12(18)9-17-15)16-8-10-4-6-11(7-5-10)13(19)20-3/h4-7,9,16H,8H2,1-3H3/p+1/b12-9-. The second-order valence-electron chi connectivity index (χ2n) is 4.80. The second-order valence-corrected chi connectivity index (χ2v) is 4.80. The van der Waals surface area contributed by atoms with Gasteiger partial charge in [-0.1, -0.05) is 12.1 Å². The molecule has 0 spiro atoms. The SMILES string of the molecule is COC(=O)c1ccc(CNC(C)(C)/C(O)=C/[N+]#N)cc1. The van der Waals surface area contributed by atoms with Crippen LogP contribution in [0.2, 0.25) is 0 Å². The van der Waals surface area contributed by atoms with Crippen LogP contribution in [-0.4, -0.2) is 23.7 Å². The lowest BCUT2D eigenvalue weighted by atomic mass is 10.0. The highest BCUT2D eigenvalue weighted by Gasteiger charge is 2.25. The molecule has 0 fully saturated rings. The third kappa shape index (κ3) is 4.07. The summed E-state index contributed by atoms with van der Waals surface area (Å²) in [5, 5.41) is 21.2. The molecule has 0 saturated carbocycles. The lowest BCUT2D eigenvalue weighted by molar-refractivity contribution is 0.0600. The van der Waals surface area contributed by atoms with Crippen molar-refractivity contribution in [1.82, 2.24) is 5.32 Å². The van der Waals surface area contributed by atoms with Gasteiger partial charge < -0.3 is 15.2 Å². The molecule has 0 bridgehead atoms. The summed E-state index contributed by atoms with van der Waals surface area (Å²) in [7, 11) is 1.33. The van der Waals surface area contributed by atoms with Crippen LogP contribution in [0.5, 0.6) is 0 Å². The van der Waals surface area contributed by atoms with Crippen molar-refractivity contribution < 1.29 is 14.6 Å². The molecule has 1 rings (SSSR count). The lowest BCUT2D eigenvalue weighted by Gasteiger charge is -2.23. The van der Waals surface area contributed by atoms with Crippen LogP contribution >= 0.6 is 0 Å². The number of rotatable bonds is 5. The highest BCUT2D eigenvalue weighted by atomic mass is 16.5. The van der Waals surface area contributed by atoms with Crippen LogP contribution < -0.4 is 5.32 Å². The second kappa shape index (κ2) is 6.68. The number of benzene rings is 1. The van der Waals surface area contributed by atoms with E-state index in [2.05, 4.69) is 15.0 Å². The fourth-order valence-corrected chi connectivity index (χ4v) is 1.51. The van der Waals surface area contributed by atoms with Crippen molar-refractivity contribution in [3.63, 3.8) is 0 Å². The van der Waals surface area contributed by atoms with E-state index in [1.165, 1.54) is 7.11 Å². The number of esters is 1. The molecule has 0 heterocycles. The molecule has 0 atom stereocenters. The maximum atomic E-state index is 11.3. The van der Waals surface area contributed by atoms with Crippen LogP contribution in [0.1, 0.15) is 29.8 Å². The van der Waals surface area contributed by atoms with Gasteiger partial charge in [-0.05, 0) is 31.5 Å². The van der Waals surface area contributed by atoms with Crippen molar-refractivity contribution in [2.24, 2.45) is 0 Å². The van der Waals surface area contributed by atoms with Gasteiger partial charge in [-0.2, -0.15) is 0 Å². The van der Waals surface area contributed by atoms with Gasteiger partial charge in [0.15, 0.2) is 4.98 Å². The Morgan fingerprint density at radius 1 is 1.45 bits per heavy atom. The first-order valence-corrected chi connectivity index (χ1v) is 6.07. The molecule has 20 heavy (non-hydrogen) atoms. The Morgan fingerprint density at radius 2 is 2.05 bits per heavy atom. The van der Waals surface area contributed by atoms with Gasteiger partial charge in [0.05, 0.1) is 18.2 Å². The zero-order valence-corrected chi connectivity index (χ0v) is 11.8. The van der Waals surface area contributed by atoms with Gasteiger partial charge in [-0.25, -0.2) is 4.79 Å². The smallest absolute Gasteiger partial charge is 0.389 e. The molecular weight excluding hydrogens is 258 g/mol. The number of carbonyl (C=O) groups excluding carboxylic acids is 1. The normalized spacial score (nSPS) is 11.8. The van der Waals surface area contributed by atoms with E-state index in [0.29, 0.717) is 12.1 Å². The first kappa shape index (κ1) is 15.7. The summed E-state index contributed by atoms with van der Waals surface area (Å²) in [6.07, 6.45) is 0.980. The number of methoxy groups -OCH3 is 1. The Kier molecular flexibility index (Phi) is 5.23. The molecule has 2 N–H and O–H groups in total. The van der Waals surface area contributed by atoms with E-state index >= 15 is 0 Å². The third-order valence-corrected chi connectivity index (χ3v) is 2.93. The predicted octanol–water partition coefficient (Wildman–Crippen LogP) is 2.59. The number of carbonyl (C=O) groups is 1. The van der Waals surface area contributed by atoms with Gasteiger partial charge in [0.2, 0.25) is 11.2 Å². The van der Waals surface area contributed by atoms with Gasteiger partial charge in [-0.3, -0.25) is 0 Å². The molecular formula is C14H18N3O3+. The minimum Gasteiger partial charge on any atom is -0.504 e. The van der Waals surface area contributed by atoms with Gasteiger partial charge in [-0.15, -0.1) is 0 Å². The number of nitrogens with one attached hydrogen (secondary N) is 1. The van der Waals surface area contributed by atoms with Crippen molar-refractivity contribution in [3.8, 4) is 0 Å². The molecule has 0 radical (unpaired) electrons. The Balaban J connectivity index is 2.69. The molecule has 0 aromatic heterocycles. The maximum absolute atomic E-state index is 11.3. The molecule has 0 aliphatic heterocycles. The first-order valence-electron chi connectivity index (χ1n) is 6.07. The molecule has 0 aliphatic carbocycles. The van der Waals surface area contributed by atoms with E-state index in [1.54, 1.807) is 38.1 Å². The average Bonchev–Trinajstić information content (AvgIpc) is 2.45. The van der Waals surface area contributed by atoms with Gasteiger partial charge in [0.1, 0.15) is 0 Å². The van der Waals surface area contributed by atoms with Crippen molar-refractivity contribution >= 4 is 5.97 Å². The maximum Gasteiger partial charge on any atom is 0.389 e. The summed E-state index contributed by atoms with van der Waals surface area (Å²) in [6, 6.07) is 6.95. The van der Waals surface area contributed by atoms with Crippen LogP contribution in [-0.2, 0) is 11.3 Å². The van der Waals surface area contributed by atoms with Crippen LogP contribution in [0, 0.1) is 5.39 Å². The molecule has 0 saturated heterocycles. The molecule has 1 aromatic carbocycles. The van der Waals surface area contributed by atoms with E-state index in [-0.39, 0.29) is 11.7 Å². The first-order chi connectivity index (χ1) is 9.40. The van der Waals surface area contributed by atoms with E-state index in [4.69, 9.17) is 5.39 Å². The average molecular weight is 276 g/mol. The molecule has 106 valence electrons. The minimum absolute atomic E-state index is 0.0776. The van der Waals surface area contributed by atoms with Gasteiger partial charge in [0.25, 0.3) is 0 Å². The van der Waals surface area contributed by atoms with Crippen LogP contribution in [0.4, 0.5) is 0 Å². The summed E-state index contributed by atoms with van der Waals surface area (Å²) in [5.41, 5.74) is 0.699. The number of nitrogens with zero attached hydrogens (tertiary/aromatic N) is 2. The summed E-state index contributed by atoms with van der Waals surface area (Å²) in [6.45, 7) is 4.00. The Hall–Kier alpha value is -2.39. The molecule has 0 aliphatic rings. The summed E-state index contributed by atoms with van der Waals surface area (Å²) < 4.78 is 4.62. The quantitative estimate of drug-likeness (QED) is 0.490. The zero-order chi connectivity index (χ0) is 15.2. The monoisotopic (exact) mass is 276 g/mol. The fourth-order valence-electron chi connectivity index (χ4n) is 1.51. The van der Waals surface area contributed by atoms with E-state index in [0.717, 1.165) is 11.8 Å². The third-order valence-electron chi connectivity index (χ3n) is 2.93. The summed E-state index contributed by atoms with van der Waals surface area (Å²) >= 11 is 0. The highest BCUT2D eigenvalue weighted by molar-refractivity contribution is 5.89. The molecule has 1 aromatic rings. The van der Waals surface area contributed by atoms with E-state index < -0.39 is 5.54 Å². The zero-order valence-electron chi connectivity index (χ0n) is 11.8. The highest BCUT2D eigenvalue weighted by Crippen LogP contribution is 2.14. The van der Waals surface area contributed by atoms with Crippen molar-refractivity contribution in [2.45, 2.75) is 25.9 Å². The Labute approximate surface area is 117 Å². The number of diazo groups is 1. The van der Waals surface area contributed by atoms with Gasteiger partial charge >= 0.3 is 12.2 Å². The van der Waals surface area contributed by atoms with Crippen LogP contribution in [0.15, 0.2) is 36.2 Å². The van der Waals surface area contributed by atoms with Crippen LogP contribution in [0.25, 0.3) is 4.98 Å². The largest absolute Gasteiger partial charge is 0.504 e. The van der Waals surface area contributed by atoms with Gasteiger partial charge in [0, 0.05) is 6.54 Å². The number of hydrogen-bond acceptors (Lipinski definition) is 5. The summed E-state index contributed by atoms with van der Waals surface area (Å²) in [5.74, 6) is -0.457. The number of hydrogen-bond donors (Lipinski definition) is 2. The van der Waals surface area contributed by atoms with Crippen molar-refractivity contribution in [3.05, 3.63) is 52.3 Å². The lowest BCUT2D eigenvalue weighted by Crippen LogP contribution is -2.40. The molecule has 0 unspecified atom stereocenters. The minimum atomic E-state index is -0.729. The van der Waals surface area contributed by atoms with E-state index in [9.17, 15) is 9.90 Å². The Bertz CT molecular complexity index is 542. The Morgan fingerprint density at radius 3 is 2.55 bits per heavy atom. The predicted molar refractivity (Wildman–Crippen MR) is 74.5 cm³/mol. The molecule has 6 heteroatoms. The molecule has 0 amide bonds. The fraction of sp³-hybridized carbons (Fsp3) is 0.357. The number of aliphatic hydroxyl groups is 1. The topological polar surface area (TPSA) is 86.7 Å². The number of aliphatic hydroxyl groups excluding tert-OH is 1. The number of ether oxygens (including phenoxy) is 1. The van der Waals surface area contributed by atoms with Crippen molar-refractivity contribution in [1.29, 1.82) is 5.39 Å².